The van der Waals surface area contributed by atoms with Crippen molar-refractivity contribution in [1.29, 1.82) is 0 Å². The number of nitro benzene ring substituents is 1. The van der Waals surface area contributed by atoms with Crippen molar-refractivity contribution in [3.05, 3.63) is 28.3 Å². The number of alkyl halides is 1. The molecule has 0 aliphatic rings. The molecule has 2 N–H and O–H groups in total. The predicted molar refractivity (Wildman–Crippen MR) is 63.3 cm³/mol. The van der Waals surface area contributed by atoms with Crippen molar-refractivity contribution in [3.8, 4) is 5.75 Å². The van der Waals surface area contributed by atoms with Crippen LogP contribution in [0, 0.1) is 10.1 Å². The van der Waals surface area contributed by atoms with Gasteiger partial charge in [0, 0.05) is 24.4 Å². The molecule has 1 aromatic rings. The van der Waals surface area contributed by atoms with E-state index in [0.717, 1.165) is 18.2 Å². The van der Waals surface area contributed by atoms with Crippen LogP contribution < -0.4 is 5.32 Å². The topological polar surface area (TPSA) is 92.5 Å². The Morgan fingerprint density at radius 2 is 2.24 bits per heavy atom. The first kappa shape index (κ1) is 13.2. The molecule has 1 amide bonds. The standard InChI is InChI=1S/C10H11ClN2O4/c11-5-1-2-10(15)12-8-6-7(13(16)17)3-4-9(8)14/h3-4,6,14H,1-2,5H2,(H,12,15). The third-order valence-electron chi connectivity index (χ3n) is 2.00. The minimum absolute atomic E-state index is 0.0266. The number of hydrogen-bond acceptors (Lipinski definition) is 4. The largest absolute Gasteiger partial charge is 0.506 e. The number of halogens is 1. The Bertz CT molecular complexity index is 436. The molecule has 1 aromatic carbocycles. The number of anilines is 1. The van der Waals surface area contributed by atoms with Gasteiger partial charge in [0.05, 0.1) is 10.6 Å². The SMILES string of the molecule is O=C(CCCCl)Nc1cc([N+](=O)[O-])ccc1O. The van der Waals surface area contributed by atoms with Crippen LogP contribution >= 0.6 is 11.6 Å². The zero-order valence-electron chi connectivity index (χ0n) is 8.85. The molecular weight excluding hydrogens is 248 g/mol. The number of nitrogens with zero attached hydrogens (tertiary/aromatic N) is 1. The van der Waals surface area contributed by atoms with Gasteiger partial charge in [0.1, 0.15) is 5.75 Å². The average molecular weight is 259 g/mol. The molecule has 0 aliphatic heterocycles. The van der Waals surface area contributed by atoms with E-state index in [1.807, 2.05) is 0 Å². The molecule has 0 fully saturated rings. The van der Waals surface area contributed by atoms with Crippen LogP contribution in [0.2, 0.25) is 0 Å². The van der Waals surface area contributed by atoms with Crippen LogP contribution in [0.1, 0.15) is 12.8 Å². The third-order valence-corrected chi connectivity index (χ3v) is 2.27. The molecule has 0 aliphatic carbocycles. The number of aromatic hydroxyl groups is 1. The zero-order chi connectivity index (χ0) is 12.8. The van der Waals surface area contributed by atoms with Gasteiger partial charge in [-0.25, -0.2) is 0 Å². The lowest BCUT2D eigenvalue weighted by molar-refractivity contribution is -0.384. The summed E-state index contributed by atoms with van der Waals surface area (Å²) >= 11 is 5.43. The molecule has 0 saturated heterocycles. The van der Waals surface area contributed by atoms with E-state index in [1.54, 1.807) is 0 Å². The van der Waals surface area contributed by atoms with E-state index in [9.17, 15) is 20.0 Å². The van der Waals surface area contributed by atoms with E-state index >= 15 is 0 Å². The Labute approximate surface area is 102 Å². The molecule has 0 spiro atoms. The van der Waals surface area contributed by atoms with Crippen LogP contribution in [0.25, 0.3) is 0 Å². The second-order valence-electron chi connectivity index (χ2n) is 3.30. The highest BCUT2D eigenvalue weighted by Crippen LogP contribution is 2.27. The van der Waals surface area contributed by atoms with Crippen LogP contribution in [-0.4, -0.2) is 21.8 Å². The quantitative estimate of drug-likeness (QED) is 0.367. The first-order valence-corrected chi connectivity index (χ1v) is 5.41. The summed E-state index contributed by atoms with van der Waals surface area (Å²) < 4.78 is 0. The first-order valence-electron chi connectivity index (χ1n) is 4.88. The highest BCUT2D eigenvalue weighted by Gasteiger charge is 2.12. The summed E-state index contributed by atoms with van der Waals surface area (Å²) in [6, 6.07) is 3.42. The minimum atomic E-state index is -0.603. The molecule has 17 heavy (non-hydrogen) atoms. The average Bonchev–Trinajstić information content (AvgIpc) is 2.29. The van der Waals surface area contributed by atoms with E-state index in [-0.39, 0.29) is 29.5 Å². The lowest BCUT2D eigenvalue weighted by atomic mass is 10.2. The maximum atomic E-state index is 11.4. The van der Waals surface area contributed by atoms with E-state index in [4.69, 9.17) is 11.6 Å². The fourth-order valence-corrected chi connectivity index (χ4v) is 1.31. The number of carbonyl (C=O) groups is 1. The number of hydrogen-bond donors (Lipinski definition) is 2. The number of rotatable bonds is 5. The van der Waals surface area contributed by atoms with Crippen LogP contribution in [0.15, 0.2) is 18.2 Å². The fourth-order valence-electron chi connectivity index (χ4n) is 1.18. The van der Waals surface area contributed by atoms with Gasteiger partial charge in [-0.3, -0.25) is 14.9 Å². The smallest absolute Gasteiger partial charge is 0.271 e. The van der Waals surface area contributed by atoms with E-state index in [1.165, 1.54) is 0 Å². The molecule has 0 radical (unpaired) electrons. The van der Waals surface area contributed by atoms with Crippen molar-refractivity contribution in [3.63, 3.8) is 0 Å². The Balaban J connectivity index is 2.79. The molecular formula is C10H11ClN2O4. The first-order chi connectivity index (χ1) is 8.04. The van der Waals surface area contributed by atoms with Crippen molar-refractivity contribution in [2.75, 3.05) is 11.2 Å². The Morgan fingerprint density at radius 1 is 1.53 bits per heavy atom. The monoisotopic (exact) mass is 258 g/mol. The third kappa shape index (κ3) is 3.92. The van der Waals surface area contributed by atoms with E-state index in [2.05, 4.69) is 5.32 Å². The fraction of sp³-hybridized carbons (Fsp3) is 0.300. The molecule has 0 unspecified atom stereocenters. The molecule has 0 atom stereocenters. The second-order valence-corrected chi connectivity index (χ2v) is 3.68. The van der Waals surface area contributed by atoms with Gasteiger partial charge in [0.2, 0.25) is 5.91 Å². The van der Waals surface area contributed by atoms with Gasteiger partial charge in [-0.05, 0) is 12.5 Å². The van der Waals surface area contributed by atoms with Crippen molar-refractivity contribution in [2.24, 2.45) is 0 Å². The number of benzene rings is 1. The van der Waals surface area contributed by atoms with Gasteiger partial charge in [-0.2, -0.15) is 0 Å². The van der Waals surface area contributed by atoms with Crippen LogP contribution in [-0.2, 0) is 4.79 Å². The molecule has 7 heteroatoms. The summed E-state index contributed by atoms with van der Waals surface area (Å²) in [5.74, 6) is -0.204. The van der Waals surface area contributed by atoms with Gasteiger partial charge in [0.25, 0.3) is 5.69 Å². The Kier molecular flexibility index (Phi) is 4.71. The van der Waals surface area contributed by atoms with Gasteiger partial charge >= 0.3 is 0 Å². The molecule has 0 aromatic heterocycles. The maximum Gasteiger partial charge on any atom is 0.271 e. The number of nitro groups is 1. The minimum Gasteiger partial charge on any atom is -0.506 e. The summed E-state index contributed by atoms with van der Waals surface area (Å²) in [5, 5.41) is 22.3. The van der Waals surface area contributed by atoms with Crippen molar-refractivity contribution in [2.45, 2.75) is 12.8 Å². The van der Waals surface area contributed by atoms with Crippen molar-refractivity contribution < 1.29 is 14.8 Å². The van der Waals surface area contributed by atoms with E-state index < -0.39 is 4.92 Å². The highest BCUT2D eigenvalue weighted by atomic mass is 35.5. The van der Waals surface area contributed by atoms with E-state index in [0.29, 0.717) is 12.3 Å². The normalized spacial score (nSPS) is 9.94. The number of amides is 1. The number of phenols is 1. The molecule has 0 heterocycles. The maximum absolute atomic E-state index is 11.4. The summed E-state index contributed by atoms with van der Waals surface area (Å²) in [7, 11) is 0. The molecule has 92 valence electrons. The van der Waals surface area contributed by atoms with Crippen LogP contribution in [0.4, 0.5) is 11.4 Å². The summed E-state index contributed by atoms with van der Waals surface area (Å²) in [5.41, 5.74) is -0.172. The highest BCUT2D eigenvalue weighted by molar-refractivity contribution is 6.18. The Morgan fingerprint density at radius 3 is 2.82 bits per heavy atom. The number of non-ortho nitro benzene ring substituents is 1. The van der Waals surface area contributed by atoms with Gasteiger partial charge in [-0.15, -0.1) is 11.6 Å². The lowest BCUT2D eigenvalue weighted by Gasteiger charge is -2.06. The molecule has 1 rings (SSSR count). The zero-order valence-corrected chi connectivity index (χ0v) is 9.61. The second kappa shape index (κ2) is 6.05. The van der Waals surface area contributed by atoms with Gasteiger partial charge in [0.15, 0.2) is 0 Å². The summed E-state index contributed by atoms with van der Waals surface area (Å²) in [6.45, 7) is 0. The van der Waals surface area contributed by atoms with Gasteiger partial charge in [-0.1, -0.05) is 0 Å². The summed E-state index contributed by atoms with van der Waals surface area (Å²) in [4.78, 5) is 21.3. The van der Waals surface area contributed by atoms with Crippen molar-refractivity contribution in [1.82, 2.24) is 0 Å². The lowest BCUT2D eigenvalue weighted by Crippen LogP contribution is -2.11. The number of carbonyl (C=O) groups excluding carboxylic acids is 1. The Hall–Kier alpha value is -1.82. The predicted octanol–water partition coefficient (Wildman–Crippen LogP) is 2.26. The van der Waals surface area contributed by atoms with Crippen LogP contribution in [0.3, 0.4) is 0 Å². The molecule has 6 nitrogen and oxygen atoms in total. The summed E-state index contributed by atoms with van der Waals surface area (Å²) in [6.07, 6.45) is 0.703. The van der Waals surface area contributed by atoms with Gasteiger partial charge < -0.3 is 10.4 Å². The number of phenolic OH excluding ortho intramolecular Hbond substituents is 1. The number of nitrogens with one attached hydrogen (secondary N) is 1. The van der Waals surface area contributed by atoms with Crippen molar-refractivity contribution >= 4 is 28.9 Å². The molecule has 0 bridgehead atoms. The molecule has 0 saturated carbocycles. The van der Waals surface area contributed by atoms with Crippen LogP contribution in [0.5, 0.6) is 5.75 Å².